The van der Waals surface area contributed by atoms with Crippen LogP contribution in [0.25, 0.3) is 10.9 Å². The van der Waals surface area contributed by atoms with E-state index in [0.717, 1.165) is 27.6 Å². The molecule has 0 amide bonds. The highest BCUT2D eigenvalue weighted by atomic mass is 19.1. The van der Waals surface area contributed by atoms with Gasteiger partial charge in [-0.05, 0) is 50.1 Å². The molecule has 2 aliphatic rings. The van der Waals surface area contributed by atoms with Gasteiger partial charge in [0.05, 0.1) is 24.7 Å². The van der Waals surface area contributed by atoms with E-state index in [2.05, 4.69) is 5.10 Å². The molecule has 7 nitrogen and oxygen atoms in total. The van der Waals surface area contributed by atoms with Crippen LogP contribution < -0.4 is 14.2 Å². The number of fused-ring (bicyclic) bond motifs is 3. The molecule has 4 aromatic rings. The monoisotopic (exact) mass is 488 g/mol. The first-order valence-electron chi connectivity index (χ1n) is 11.9. The van der Waals surface area contributed by atoms with Crippen LogP contribution in [0.4, 0.5) is 4.39 Å². The van der Waals surface area contributed by atoms with Crippen molar-refractivity contribution in [3.63, 3.8) is 0 Å². The maximum absolute atomic E-state index is 15.0. The lowest BCUT2D eigenvalue weighted by molar-refractivity contribution is -0.137. The molecule has 184 valence electrons. The SMILES string of the molecule is Cc1c(Oc2ccc(F)c3c2CC[C@H]3Oc2ccc3c(c2)OCC3CC(=O)O)ccc2c1cnn2C. The topological polar surface area (TPSA) is 82.8 Å². The van der Waals surface area contributed by atoms with Crippen molar-refractivity contribution in [1.82, 2.24) is 9.78 Å². The number of carbonyl (C=O) groups is 1. The fourth-order valence-corrected chi connectivity index (χ4v) is 5.30. The molecule has 0 bridgehead atoms. The average Bonchev–Trinajstić information content (AvgIpc) is 3.55. The predicted molar refractivity (Wildman–Crippen MR) is 131 cm³/mol. The standard InChI is InChI=1S/C28H25FN2O5/c1-15-20-13-30-31(2)22(20)7-10-23(15)36-24-9-6-21(29)28-19(24)5-8-25(28)35-17-3-4-18-16(11-27(32)33)14-34-26(18)12-17/h3-4,6-7,9-10,12-13,16,25H,5,8,11,14H2,1-2H3,(H,32,33)/t16?,25-/m1/s1. The lowest BCUT2D eigenvalue weighted by Gasteiger charge is -2.18. The van der Waals surface area contributed by atoms with E-state index >= 15 is 4.39 Å². The summed E-state index contributed by atoms with van der Waals surface area (Å²) in [5.74, 6) is 1.16. The highest BCUT2D eigenvalue weighted by Gasteiger charge is 2.32. The Labute approximate surface area is 207 Å². The summed E-state index contributed by atoms with van der Waals surface area (Å²) < 4.78 is 35.0. The van der Waals surface area contributed by atoms with Crippen LogP contribution >= 0.6 is 0 Å². The Hall–Kier alpha value is -4.07. The molecular formula is C28H25FN2O5. The van der Waals surface area contributed by atoms with Gasteiger partial charge in [0.1, 0.15) is 34.9 Å². The van der Waals surface area contributed by atoms with Crippen LogP contribution in [-0.2, 0) is 18.3 Å². The van der Waals surface area contributed by atoms with Crippen molar-refractivity contribution in [2.24, 2.45) is 7.05 Å². The van der Waals surface area contributed by atoms with E-state index in [9.17, 15) is 4.79 Å². The van der Waals surface area contributed by atoms with E-state index in [0.29, 0.717) is 48.0 Å². The van der Waals surface area contributed by atoms with Crippen molar-refractivity contribution in [2.45, 2.75) is 38.2 Å². The quantitative estimate of drug-likeness (QED) is 0.368. The van der Waals surface area contributed by atoms with Crippen LogP contribution in [0, 0.1) is 12.7 Å². The zero-order valence-electron chi connectivity index (χ0n) is 20.0. The molecule has 1 N–H and O–H groups in total. The van der Waals surface area contributed by atoms with E-state index in [-0.39, 0.29) is 18.2 Å². The summed E-state index contributed by atoms with van der Waals surface area (Å²) in [5.41, 5.74) is 4.18. The van der Waals surface area contributed by atoms with Gasteiger partial charge in [0.25, 0.3) is 0 Å². The second-order valence-electron chi connectivity index (χ2n) is 9.38. The normalized spacial score (nSPS) is 18.1. The maximum Gasteiger partial charge on any atom is 0.304 e. The highest BCUT2D eigenvalue weighted by molar-refractivity contribution is 5.84. The van der Waals surface area contributed by atoms with E-state index in [4.69, 9.17) is 19.3 Å². The number of rotatable bonds is 6. The Morgan fingerprint density at radius 1 is 1.22 bits per heavy atom. The van der Waals surface area contributed by atoms with Crippen LogP contribution in [-0.4, -0.2) is 27.5 Å². The minimum Gasteiger partial charge on any atom is -0.492 e. The van der Waals surface area contributed by atoms with Gasteiger partial charge in [0.15, 0.2) is 0 Å². The molecular weight excluding hydrogens is 463 g/mol. The molecule has 3 aromatic carbocycles. The molecule has 0 saturated carbocycles. The van der Waals surface area contributed by atoms with E-state index in [1.165, 1.54) is 6.07 Å². The summed E-state index contributed by atoms with van der Waals surface area (Å²) in [6.07, 6.45) is 2.63. The number of aromatic nitrogens is 2. The van der Waals surface area contributed by atoms with Crippen molar-refractivity contribution in [2.75, 3.05) is 6.61 Å². The molecule has 36 heavy (non-hydrogen) atoms. The Morgan fingerprint density at radius 2 is 2.06 bits per heavy atom. The first-order valence-corrected chi connectivity index (χ1v) is 11.9. The summed E-state index contributed by atoms with van der Waals surface area (Å²) in [6, 6.07) is 12.4. The van der Waals surface area contributed by atoms with Crippen LogP contribution in [0.5, 0.6) is 23.0 Å². The third kappa shape index (κ3) is 3.73. The summed E-state index contributed by atoms with van der Waals surface area (Å²) in [5, 5.41) is 14.4. The van der Waals surface area contributed by atoms with E-state index < -0.39 is 12.1 Å². The van der Waals surface area contributed by atoms with Crippen LogP contribution in [0.3, 0.4) is 0 Å². The Kier molecular flexibility index (Phi) is 5.32. The van der Waals surface area contributed by atoms with E-state index in [1.54, 1.807) is 18.2 Å². The smallest absolute Gasteiger partial charge is 0.304 e. The summed E-state index contributed by atoms with van der Waals surface area (Å²) in [6.45, 7) is 2.32. The summed E-state index contributed by atoms with van der Waals surface area (Å²) in [7, 11) is 1.90. The Morgan fingerprint density at radius 3 is 2.89 bits per heavy atom. The van der Waals surface area contributed by atoms with Crippen LogP contribution in [0.15, 0.2) is 48.7 Å². The number of hydrogen-bond donors (Lipinski definition) is 1. The zero-order chi connectivity index (χ0) is 25.0. The van der Waals surface area contributed by atoms with Crippen LogP contribution in [0.2, 0.25) is 0 Å². The Bertz CT molecular complexity index is 1510. The fraction of sp³-hybridized carbons (Fsp3) is 0.286. The number of aliphatic carboxylic acids is 1. The second kappa shape index (κ2) is 8.55. The first-order chi connectivity index (χ1) is 17.4. The van der Waals surface area contributed by atoms with Crippen LogP contribution in [0.1, 0.15) is 47.1 Å². The van der Waals surface area contributed by atoms with Gasteiger partial charge >= 0.3 is 5.97 Å². The van der Waals surface area contributed by atoms with Gasteiger partial charge in [0.2, 0.25) is 0 Å². The van der Waals surface area contributed by atoms with Gasteiger partial charge in [0, 0.05) is 46.7 Å². The van der Waals surface area contributed by atoms with Gasteiger partial charge in [-0.1, -0.05) is 6.07 Å². The summed E-state index contributed by atoms with van der Waals surface area (Å²) in [4.78, 5) is 11.1. The van der Waals surface area contributed by atoms with Gasteiger partial charge in [-0.3, -0.25) is 9.48 Å². The molecule has 0 spiro atoms. The lowest BCUT2D eigenvalue weighted by atomic mass is 9.98. The van der Waals surface area contributed by atoms with Crippen molar-refractivity contribution >= 4 is 16.9 Å². The van der Waals surface area contributed by atoms with Crippen molar-refractivity contribution in [1.29, 1.82) is 0 Å². The number of benzene rings is 3. The molecule has 0 radical (unpaired) electrons. The lowest BCUT2D eigenvalue weighted by Crippen LogP contribution is -2.07. The molecule has 1 unspecified atom stereocenters. The van der Waals surface area contributed by atoms with Crippen molar-refractivity contribution in [3.8, 4) is 23.0 Å². The number of halogens is 1. The van der Waals surface area contributed by atoms with Gasteiger partial charge in [-0.15, -0.1) is 0 Å². The summed E-state index contributed by atoms with van der Waals surface area (Å²) >= 11 is 0. The number of nitrogens with zero attached hydrogens (tertiary/aromatic N) is 2. The molecule has 8 heteroatoms. The largest absolute Gasteiger partial charge is 0.492 e. The van der Waals surface area contributed by atoms with E-state index in [1.807, 2.05) is 43.0 Å². The fourth-order valence-electron chi connectivity index (χ4n) is 5.30. The number of hydrogen-bond acceptors (Lipinski definition) is 5. The zero-order valence-corrected chi connectivity index (χ0v) is 20.0. The van der Waals surface area contributed by atoms with Gasteiger partial charge in [-0.25, -0.2) is 4.39 Å². The number of ether oxygens (including phenoxy) is 3. The third-order valence-electron chi connectivity index (χ3n) is 7.17. The second-order valence-corrected chi connectivity index (χ2v) is 9.38. The number of carboxylic acid groups (broad SMARTS) is 1. The Balaban J connectivity index is 1.26. The molecule has 2 heterocycles. The molecule has 0 fully saturated rings. The van der Waals surface area contributed by atoms with Gasteiger partial charge in [-0.2, -0.15) is 5.10 Å². The molecule has 6 rings (SSSR count). The molecule has 0 saturated heterocycles. The van der Waals surface area contributed by atoms with Gasteiger partial charge < -0.3 is 19.3 Å². The molecule has 1 aromatic heterocycles. The first kappa shape index (κ1) is 22.4. The number of carboxylic acids is 1. The predicted octanol–water partition coefficient (Wildman–Crippen LogP) is 5.83. The maximum atomic E-state index is 15.0. The minimum absolute atomic E-state index is 0.0182. The average molecular weight is 489 g/mol. The third-order valence-corrected chi connectivity index (χ3v) is 7.17. The molecule has 2 atom stereocenters. The number of aryl methyl sites for hydroxylation is 2. The highest BCUT2D eigenvalue weighted by Crippen LogP contribution is 2.45. The molecule has 1 aliphatic carbocycles. The van der Waals surface area contributed by atoms with Crippen molar-refractivity contribution < 1.29 is 28.5 Å². The van der Waals surface area contributed by atoms with Crippen molar-refractivity contribution in [3.05, 3.63) is 76.7 Å². The minimum atomic E-state index is -0.858. The molecule has 1 aliphatic heterocycles.